The number of aryl methyl sites for hydroxylation is 1. The van der Waals surface area contributed by atoms with E-state index in [1.54, 1.807) is 0 Å². The van der Waals surface area contributed by atoms with Crippen molar-refractivity contribution in [3.05, 3.63) is 52.9 Å². The van der Waals surface area contributed by atoms with Crippen LogP contribution in [0.4, 0.5) is 14.5 Å². The Balaban J connectivity index is 2.19. The first-order chi connectivity index (χ1) is 8.50. The molecule has 18 heavy (non-hydrogen) atoms. The van der Waals surface area contributed by atoms with Crippen molar-refractivity contribution in [1.29, 1.82) is 0 Å². The van der Waals surface area contributed by atoms with Crippen LogP contribution >= 0.6 is 0 Å². The minimum absolute atomic E-state index is 0.0709. The Labute approximate surface area is 105 Å². The lowest BCUT2D eigenvalue weighted by Gasteiger charge is -2.08. The molecule has 0 amide bonds. The van der Waals surface area contributed by atoms with Crippen molar-refractivity contribution < 1.29 is 8.78 Å². The number of halogens is 2. The van der Waals surface area contributed by atoms with Gasteiger partial charge in [-0.3, -0.25) is 0 Å². The van der Waals surface area contributed by atoms with E-state index in [1.165, 1.54) is 18.2 Å². The van der Waals surface area contributed by atoms with Crippen LogP contribution in [-0.4, -0.2) is 4.57 Å². The van der Waals surface area contributed by atoms with E-state index in [0.717, 1.165) is 17.0 Å². The van der Waals surface area contributed by atoms with Crippen LogP contribution in [-0.2, 0) is 13.6 Å². The van der Waals surface area contributed by atoms with Gasteiger partial charge in [0.15, 0.2) is 0 Å². The van der Waals surface area contributed by atoms with Gasteiger partial charge in [0.25, 0.3) is 0 Å². The minimum Gasteiger partial charge on any atom is -0.376 e. The lowest BCUT2D eigenvalue weighted by molar-refractivity contribution is 0.588. The Kier molecular flexibility index (Phi) is 3.36. The lowest BCUT2D eigenvalue weighted by atomic mass is 10.2. The van der Waals surface area contributed by atoms with E-state index in [0.29, 0.717) is 6.54 Å². The van der Waals surface area contributed by atoms with Gasteiger partial charge in [-0.15, -0.1) is 0 Å². The molecule has 2 rings (SSSR count). The van der Waals surface area contributed by atoms with Gasteiger partial charge in [0.1, 0.15) is 17.3 Å². The number of aromatic nitrogens is 1. The molecule has 1 aromatic heterocycles. The maximum Gasteiger partial charge on any atom is 0.149 e. The molecule has 2 nitrogen and oxygen atoms in total. The fraction of sp³-hybridized carbons (Fsp3) is 0.286. The second-order valence-electron chi connectivity index (χ2n) is 4.41. The summed E-state index contributed by atoms with van der Waals surface area (Å²) in [6.07, 6.45) is 0. The average Bonchev–Trinajstić information content (AvgIpc) is 2.56. The second kappa shape index (κ2) is 4.80. The number of benzene rings is 1. The summed E-state index contributed by atoms with van der Waals surface area (Å²) in [7, 11) is 1.97. The molecule has 0 aliphatic carbocycles. The Hall–Kier alpha value is -1.84. The number of hydrogen-bond acceptors (Lipinski definition) is 1. The molecule has 1 heterocycles. The van der Waals surface area contributed by atoms with Gasteiger partial charge in [0.2, 0.25) is 0 Å². The molecule has 1 aromatic carbocycles. The van der Waals surface area contributed by atoms with E-state index >= 15 is 0 Å². The molecule has 96 valence electrons. The van der Waals surface area contributed by atoms with Crippen LogP contribution in [0.3, 0.4) is 0 Å². The molecule has 2 aromatic rings. The molecule has 0 atom stereocenters. The van der Waals surface area contributed by atoms with Crippen LogP contribution in [0.25, 0.3) is 0 Å². The zero-order valence-electron chi connectivity index (χ0n) is 10.7. The molecule has 0 radical (unpaired) electrons. The highest BCUT2D eigenvalue weighted by molar-refractivity contribution is 5.47. The van der Waals surface area contributed by atoms with Gasteiger partial charge in [-0.25, -0.2) is 8.78 Å². The maximum absolute atomic E-state index is 13.4. The first kappa shape index (κ1) is 12.6. The Morgan fingerprint density at radius 3 is 2.28 bits per heavy atom. The van der Waals surface area contributed by atoms with Gasteiger partial charge in [0.05, 0.1) is 0 Å². The van der Waals surface area contributed by atoms with Crippen LogP contribution < -0.4 is 5.32 Å². The van der Waals surface area contributed by atoms with E-state index in [-0.39, 0.29) is 5.69 Å². The van der Waals surface area contributed by atoms with E-state index in [4.69, 9.17) is 0 Å². The summed E-state index contributed by atoms with van der Waals surface area (Å²) < 4.78 is 28.9. The van der Waals surface area contributed by atoms with Crippen molar-refractivity contribution in [3.8, 4) is 0 Å². The van der Waals surface area contributed by atoms with Gasteiger partial charge >= 0.3 is 0 Å². The van der Waals surface area contributed by atoms with E-state index < -0.39 is 11.6 Å². The third-order valence-electron chi connectivity index (χ3n) is 3.30. The fourth-order valence-electron chi connectivity index (χ4n) is 1.96. The summed E-state index contributed by atoms with van der Waals surface area (Å²) in [6, 6.07) is 5.86. The van der Waals surface area contributed by atoms with Gasteiger partial charge in [-0.05, 0) is 37.6 Å². The van der Waals surface area contributed by atoms with Crippen molar-refractivity contribution in [1.82, 2.24) is 4.57 Å². The number of para-hydroxylation sites is 1. The van der Waals surface area contributed by atoms with Crippen molar-refractivity contribution >= 4 is 5.69 Å². The molecule has 4 heteroatoms. The van der Waals surface area contributed by atoms with Crippen molar-refractivity contribution in [3.63, 3.8) is 0 Å². The van der Waals surface area contributed by atoms with E-state index in [1.807, 2.05) is 27.0 Å². The van der Waals surface area contributed by atoms with Gasteiger partial charge in [0, 0.05) is 25.0 Å². The van der Waals surface area contributed by atoms with Gasteiger partial charge in [-0.2, -0.15) is 0 Å². The molecule has 0 aliphatic rings. The van der Waals surface area contributed by atoms with Crippen LogP contribution in [0.1, 0.15) is 17.0 Å². The quantitative estimate of drug-likeness (QED) is 0.881. The summed E-state index contributed by atoms with van der Waals surface area (Å²) in [6.45, 7) is 4.40. The Morgan fingerprint density at radius 1 is 1.17 bits per heavy atom. The molecule has 0 fully saturated rings. The SMILES string of the molecule is Cc1cc(CNc2c(F)cccc2F)c(C)n1C. The predicted molar refractivity (Wildman–Crippen MR) is 68.6 cm³/mol. The highest BCUT2D eigenvalue weighted by Gasteiger charge is 2.10. The van der Waals surface area contributed by atoms with Crippen LogP contribution in [0.15, 0.2) is 24.3 Å². The molecule has 0 aliphatic heterocycles. The number of anilines is 1. The Bertz CT molecular complexity index is 553. The minimum atomic E-state index is -0.569. The number of rotatable bonds is 3. The fourth-order valence-corrected chi connectivity index (χ4v) is 1.96. The summed E-state index contributed by atoms with van der Waals surface area (Å²) in [4.78, 5) is 0. The maximum atomic E-state index is 13.4. The number of nitrogens with zero attached hydrogens (tertiary/aromatic N) is 1. The average molecular weight is 250 g/mol. The molecule has 0 saturated carbocycles. The standard InChI is InChI=1S/C14H16F2N2/c1-9-7-11(10(2)18(9)3)8-17-14-12(15)5-4-6-13(14)16/h4-7,17H,8H2,1-3H3. The molecular formula is C14H16F2N2. The van der Waals surface area contributed by atoms with Crippen molar-refractivity contribution in [2.45, 2.75) is 20.4 Å². The second-order valence-corrected chi connectivity index (χ2v) is 4.41. The molecule has 1 N–H and O–H groups in total. The van der Waals surface area contributed by atoms with E-state index in [2.05, 4.69) is 9.88 Å². The largest absolute Gasteiger partial charge is 0.376 e. The molecule has 0 spiro atoms. The highest BCUT2D eigenvalue weighted by Crippen LogP contribution is 2.20. The van der Waals surface area contributed by atoms with Crippen molar-refractivity contribution in [2.24, 2.45) is 7.05 Å². The summed E-state index contributed by atoms with van der Waals surface area (Å²) in [5.74, 6) is -1.14. The zero-order chi connectivity index (χ0) is 13.3. The zero-order valence-corrected chi connectivity index (χ0v) is 10.7. The smallest absolute Gasteiger partial charge is 0.149 e. The summed E-state index contributed by atoms with van der Waals surface area (Å²) in [5.41, 5.74) is 3.19. The van der Waals surface area contributed by atoms with Crippen LogP contribution in [0.5, 0.6) is 0 Å². The highest BCUT2D eigenvalue weighted by atomic mass is 19.1. The van der Waals surface area contributed by atoms with Gasteiger partial charge < -0.3 is 9.88 Å². The molecular weight excluding hydrogens is 234 g/mol. The summed E-state index contributed by atoms with van der Waals surface area (Å²) >= 11 is 0. The van der Waals surface area contributed by atoms with Crippen LogP contribution in [0, 0.1) is 25.5 Å². The van der Waals surface area contributed by atoms with Gasteiger partial charge in [-0.1, -0.05) is 6.07 Å². The molecule has 0 bridgehead atoms. The number of nitrogens with one attached hydrogen (secondary N) is 1. The first-order valence-electron chi connectivity index (χ1n) is 5.80. The van der Waals surface area contributed by atoms with E-state index in [9.17, 15) is 8.78 Å². The predicted octanol–water partition coefficient (Wildman–Crippen LogP) is 3.53. The topological polar surface area (TPSA) is 17.0 Å². The third kappa shape index (κ3) is 2.23. The molecule has 0 saturated heterocycles. The summed E-state index contributed by atoms with van der Waals surface area (Å²) in [5, 5.41) is 2.82. The first-order valence-corrected chi connectivity index (χ1v) is 5.80. The normalized spacial score (nSPS) is 10.7. The monoisotopic (exact) mass is 250 g/mol. The van der Waals surface area contributed by atoms with Crippen molar-refractivity contribution in [2.75, 3.05) is 5.32 Å². The third-order valence-corrected chi connectivity index (χ3v) is 3.30. The molecule has 0 unspecified atom stereocenters. The Morgan fingerprint density at radius 2 is 1.78 bits per heavy atom. The number of hydrogen-bond donors (Lipinski definition) is 1. The lowest BCUT2D eigenvalue weighted by Crippen LogP contribution is -2.04. The van der Waals surface area contributed by atoms with Crippen LogP contribution in [0.2, 0.25) is 0 Å².